The number of para-hydroxylation sites is 1. The van der Waals surface area contributed by atoms with E-state index in [-0.39, 0.29) is 5.75 Å². The van der Waals surface area contributed by atoms with Crippen LogP contribution in [-0.4, -0.2) is 15.1 Å². The normalized spacial score (nSPS) is 9.93. The topological polar surface area (TPSA) is 58.0 Å². The van der Waals surface area contributed by atoms with Gasteiger partial charge in [0.2, 0.25) is 5.95 Å². The van der Waals surface area contributed by atoms with Crippen LogP contribution >= 0.6 is 0 Å². The van der Waals surface area contributed by atoms with Gasteiger partial charge in [-0.2, -0.15) is 0 Å². The van der Waals surface area contributed by atoms with E-state index in [1.165, 1.54) is 6.20 Å². The molecule has 4 nitrogen and oxygen atoms in total. The van der Waals surface area contributed by atoms with Gasteiger partial charge in [0, 0.05) is 5.69 Å². The van der Waals surface area contributed by atoms with Gasteiger partial charge in [0.15, 0.2) is 5.75 Å². The summed E-state index contributed by atoms with van der Waals surface area (Å²) in [6, 6.07) is 9.64. The molecule has 1 aromatic carbocycles. The van der Waals surface area contributed by atoms with E-state index in [2.05, 4.69) is 15.3 Å². The predicted molar refractivity (Wildman–Crippen MR) is 58.2 cm³/mol. The number of anilines is 2. The van der Waals surface area contributed by atoms with Crippen LogP contribution in [-0.2, 0) is 0 Å². The Labute approximate surface area is 87.6 Å². The van der Waals surface area contributed by atoms with Crippen LogP contribution in [0.25, 0.3) is 0 Å². The lowest BCUT2D eigenvalue weighted by molar-refractivity contribution is 0.465. The fourth-order valence-corrected chi connectivity index (χ4v) is 1.17. The first-order valence-electron chi connectivity index (χ1n) is 4.60. The van der Waals surface area contributed by atoms with Gasteiger partial charge in [0.1, 0.15) is 0 Å². The minimum atomic E-state index is 0.105. The third kappa shape index (κ3) is 2.22. The highest BCUT2D eigenvalue weighted by atomic mass is 16.3. The summed E-state index contributed by atoms with van der Waals surface area (Å²) in [5.41, 5.74) is 1.48. The van der Waals surface area contributed by atoms with Crippen molar-refractivity contribution in [2.45, 2.75) is 6.92 Å². The summed E-state index contributed by atoms with van der Waals surface area (Å²) < 4.78 is 0. The summed E-state index contributed by atoms with van der Waals surface area (Å²) >= 11 is 0. The quantitative estimate of drug-likeness (QED) is 0.782. The minimum Gasteiger partial charge on any atom is -0.504 e. The highest BCUT2D eigenvalue weighted by Gasteiger charge is 2.01. The Balaban J connectivity index is 2.22. The van der Waals surface area contributed by atoms with Crippen LogP contribution in [0.15, 0.2) is 36.5 Å². The summed E-state index contributed by atoms with van der Waals surface area (Å²) in [6.45, 7) is 1.73. The van der Waals surface area contributed by atoms with Crippen LogP contribution in [0, 0.1) is 6.92 Å². The molecule has 0 aliphatic rings. The Hall–Kier alpha value is -2.10. The van der Waals surface area contributed by atoms with Gasteiger partial charge in [-0.3, -0.25) is 0 Å². The Morgan fingerprint density at radius 3 is 2.60 bits per heavy atom. The zero-order valence-electron chi connectivity index (χ0n) is 8.31. The first-order valence-corrected chi connectivity index (χ1v) is 4.60. The Bertz CT molecular complexity index is 457. The largest absolute Gasteiger partial charge is 0.504 e. The fourth-order valence-electron chi connectivity index (χ4n) is 1.17. The van der Waals surface area contributed by atoms with Crippen molar-refractivity contribution < 1.29 is 5.11 Å². The molecule has 0 aliphatic heterocycles. The second kappa shape index (κ2) is 3.96. The first kappa shape index (κ1) is 9.45. The first-order chi connectivity index (χ1) is 7.25. The molecule has 2 N–H and O–H groups in total. The summed E-state index contributed by atoms with van der Waals surface area (Å²) in [6.07, 6.45) is 1.38. The maximum atomic E-state index is 9.26. The Kier molecular flexibility index (Phi) is 2.49. The highest BCUT2D eigenvalue weighted by Crippen LogP contribution is 2.16. The molecule has 0 radical (unpaired) electrons. The lowest BCUT2D eigenvalue weighted by Crippen LogP contribution is -1.97. The molecule has 0 unspecified atom stereocenters. The van der Waals surface area contributed by atoms with E-state index in [0.717, 1.165) is 5.69 Å². The number of nitrogens with one attached hydrogen (secondary N) is 1. The number of hydrogen-bond donors (Lipinski definition) is 2. The van der Waals surface area contributed by atoms with Gasteiger partial charge in [0.05, 0.1) is 11.9 Å². The number of rotatable bonds is 2. The molecule has 0 saturated heterocycles. The van der Waals surface area contributed by atoms with Crippen molar-refractivity contribution in [1.82, 2.24) is 9.97 Å². The third-order valence-corrected chi connectivity index (χ3v) is 1.98. The van der Waals surface area contributed by atoms with Crippen LogP contribution in [0.2, 0.25) is 0 Å². The van der Waals surface area contributed by atoms with Crippen molar-refractivity contribution >= 4 is 11.6 Å². The van der Waals surface area contributed by atoms with Crippen LogP contribution in [0.4, 0.5) is 11.6 Å². The number of hydrogen-bond acceptors (Lipinski definition) is 4. The van der Waals surface area contributed by atoms with Crippen LogP contribution in [0.5, 0.6) is 5.75 Å². The SMILES string of the molecule is Cc1nc(Nc2ccccc2)ncc1O. The van der Waals surface area contributed by atoms with E-state index in [0.29, 0.717) is 11.6 Å². The van der Waals surface area contributed by atoms with E-state index in [9.17, 15) is 5.11 Å². The van der Waals surface area contributed by atoms with Gasteiger partial charge >= 0.3 is 0 Å². The molecular weight excluding hydrogens is 190 g/mol. The fraction of sp³-hybridized carbons (Fsp3) is 0.0909. The van der Waals surface area contributed by atoms with Crippen LogP contribution in [0.1, 0.15) is 5.69 Å². The molecule has 1 aromatic heterocycles. The lowest BCUT2D eigenvalue weighted by atomic mass is 10.3. The van der Waals surface area contributed by atoms with Crippen molar-refractivity contribution in [3.63, 3.8) is 0 Å². The molecule has 0 amide bonds. The van der Waals surface area contributed by atoms with Crippen molar-refractivity contribution in [3.8, 4) is 5.75 Å². The average molecular weight is 201 g/mol. The molecule has 0 aliphatic carbocycles. The van der Waals surface area contributed by atoms with Gasteiger partial charge in [-0.15, -0.1) is 0 Å². The Morgan fingerprint density at radius 2 is 1.93 bits per heavy atom. The summed E-state index contributed by atoms with van der Waals surface area (Å²) in [5, 5.41) is 12.3. The van der Waals surface area contributed by atoms with Gasteiger partial charge in [0.25, 0.3) is 0 Å². The van der Waals surface area contributed by atoms with Gasteiger partial charge < -0.3 is 10.4 Å². The molecule has 0 atom stereocenters. The number of aromatic hydroxyl groups is 1. The second-order valence-electron chi connectivity index (χ2n) is 3.16. The maximum Gasteiger partial charge on any atom is 0.227 e. The van der Waals surface area contributed by atoms with E-state index < -0.39 is 0 Å². The number of aromatic nitrogens is 2. The summed E-state index contributed by atoms with van der Waals surface area (Å²) in [5.74, 6) is 0.588. The Morgan fingerprint density at radius 1 is 1.20 bits per heavy atom. The average Bonchev–Trinajstić information content (AvgIpc) is 2.25. The van der Waals surface area contributed by atoms with Crippen molar-refractivity contribution in [2.24, 2.45) is 0 Å². The molecule has 2 rings (SSSR count). The molecule has 4 heteroatoms. The number of benzene rings is 1. The molecule has 0 saturated carbocycles. The van der Waals surface area contributed by atoms with E-state index >= 15 is 0 Å². The standard InChI is InChI=1S/C11H11N3O/c1-8-10(15)7-12-11(13-8)14-9-5-3-2-4-6-9/h2-7,15H,1H3,(H,12,13,14). The highest BCUT2D eigenvalue weighted by molar-refractivity contribution is 5.52. The molecule has 0 spiro atoms. The van der Waals surface area contributed by atoms with Crippen molar-refractivity contribution in [2.75, 3.05) is 5.32 Å². The molecule has 1 heterocycles. The molecular formula is C11H11N3O. The number of nitrogens with zero attached hydrogens (tertiary/aromatic N) is 2. The van der Waals surface area contributed by atoms with Crippen LogP contribution < -0.4 is 5.32 Å². The van der Waals surface area contributed by atoms with E-state index in [4.69, 9.17) is 0 Å². The summed E-state index contributed by atoms with van der Waals surface area (Å²) in [7, 11) is 0. The zero-order chi connectivity index (χ0) is 10.7. The minimum absolute atomic E-state index is 0.105. The lowest BCUT2D eigenvalue weighted by Gasteiger charge is -2.05. The zero-order valence-corrected chi connectivity index (χ0v) is 8.31. The van der Waals surface area contributed by atoms with Gasteiger partial charge in [-0.25, -0.2) is 9.97 Å². The smallest absolute Gasteiger partial charge is 0.227 e. The summed E-state index contributed by atoms with van der Waals surface area (Å²) in [4.78, 5) is 8.06. The van der Waals surface area contributed by atoms with Crippen molar-refractivity contribution in [3.05, 3.63) is 42.2 Å². The molecule has 0 fully saturated rings. The molecule has 0 bridgehead atoms. The molecule has 15 heavy (non-hydrogen) atoms. The molecule has 2 aromatic rings. The monoisotopic (exact) mass is 201 g/mol. The van der Waals surface area contributed by atoms with E-state index in [1.807, 2.05) is 30.3 Å². The van der Waals surface area contributed by atoms with Crippen LogP contribution in [0.3, 0.4) is 0 Å². The van der Waals surface area contributed by atoms with Gasteiger partial charge in [-0.1, -0.05) is 18.2 Å². The second-order valence-corrected chi connectivity index (χ2v) is 3.16. The number of aryl methyl sites for hydroxylation is 1. The van der Waals surface area contributed by atoms with E-state index in [1.54, 1.807) is 6.92 Å². The molecule has 76 valence electrons. The van der Waals surface area contributed by atoms with Gasteiger partial charge in [-0.05, 0) is 19.1 Å². The maximum absolute atomic E-state index is 9.26. The van der Waals surface area contributed by atoms with Crippen molar-refractivity contribution in [1.29, 1.82) is 0 Å². The third-order valence-electron chi connectivity index (χ3n) is 1.98. The predicted octanol–water partition coefficient (Wildman–Crippen LogP) is 2.23.